The topological polar surface area (TPSA) is 63.7 Å². The Kier molecular flexibility index (Phi) is 5.13. The molecule has 0 bridgehead atoms. The lowest BCUT2D eigenvalue weighted by atomic mass is 10.3. The molecule has 5 nitrogen and oxygen atoms in total. The summed E-state index contributed by atoms with van der Waals surface area (Å²) in [6.07, 6.45) is 1.11. The Morgan fingerprint density at radius 2 is 2.00 bits per heavy atom. The molecule has 0 heterocycles. The smallest absolute Gasteiger partial charge is 0.351 e. The van der Waals surface area contributed by atoms with Gasteiger partial charge in [0.25, 0.3) is 0 Å². The van der Waals surface area contributed by atoms with Crippen LogP contribution < -0.4 is 0 Å². The molecule has 8 heteroatoms. The Hall–Kier alpha value is -1.60. The molecule has 0 radical (unpaired) electrons. The van der Waals surface area contributed by atoms with E-state index in [4.69, 9.17) is 11.6 Å². The molecule has 0 fully saturated rings. The fraction of sp³-hybridized carbons (Fsp3) is 0.250. The van der Waals surface area contributed by atoms with E-state index >= 15 is 0 Å². The van der Waals surface area contributed by atoms with Crippen LogP contribution in [0.1, 0.15) is 0 Å². The van der Waals surface area contributed by atoms with E-state index in [-0.39, 0.29) is 9.92 Å². The number of carbonyl (C=O) groups is 1. The molecule has 0 aliphatic carbocycles. The van der Waals surface area contributed by atoms with Crippen molar-refractivity contribution in [2.24, 2.45) is 0 Å². The second kappa shape index (κ2) is 6.23. The molecule has 0 aliphatic heterocycles. The summed E-state index contributed by atoms with van der Waals surface area (Å²) >= 11 is 5.56. The Balaban J connectivity index is 3.44. The summed E-state index contributed by atoms with van der Waals surface area (Å²) in [5, 5.41) is -0.347. The lowest BCUT2D eigenvalue weighted by molar-refractivity contribution is -0.135. The first-order chi connectivity index (χ1) is 9.20. The van der Waals surface area contributed by atoms with Gasteiger partial charge in [-0.2, -0.15) is 0 Å². The third kappa shape index (κ3) is 3.49. The molecule has 0 N–H and O–H groups in total. The molecule has 1 aromatic carbocycles. The third-order valence-electron chi connectivity index (χ3n) is 2.25. The van der Waals surface area contributed by atoms with Gasteiger partial charge in [0.15, 0.2) is 4.91 Å². The van der Waals surface area contributed by atoms with Crippen molar-refractivity contribution in [3.63, 3.8) is 0 Å². The van der Waals surface area contributed by atoms with Gasteiger partial charge < -0.3 is 9.64 Å². The third-order valence-corrected chi connectivity index (χ3v) is 4.27. The molecule has 0 saturated heterocycles. The number of halogens is 2. The minimum absolute atomic E-state index is 0.289. The van der Waals surface area contributed by atoms with E-state index in [2.05, 4.69) is 4.74 Å². The van der Waals surface area contributed by atoms with Crippen LogP contribution in [0.4, 0.5) is 4.39 Å². The van der Waals surface area contributed by atoms with Gasteiger partial charge in [-0.1, -0.05) is 11.6 Å². The number of esters is 1. The number of ether oxygens (including phenoxy) is 1. The van der Waals surface area contributed by atoms with Crippen molar-refractivity contribution < 1.29 is 22.3 Å². The van der Waals surface area contributed by atoms with Crippen molar-refractivity contribution in [2.75, 3.05) is 21.2 Å². The molecule has 0 aromatic heterocycles. The van der Waals surface area contributed by atoms with Crippen molar-refractivity contribution in [3.05, 3.63) is 40.1 Å². The van der Waals surface area contributed by atoms with Gasteiger partial charge >= 0.3 is 5.97 Å². The number of nitrogens with zero attached hydrogens (tertiary/aromatic N) is 1. The van der Waals surface area contributed by atoms with Crippen molar-refractivity contribution >= 4 is 27.4 Å². The van der Waals surface area contributed by atoms with Crippen LogP contribution in [0.25, 0.3) is 0 Å². The predicted molar refractivity (Wildman–Crippen MR) is 72.4 cm³/mol. The summed E-state index contributed by atoms with van der Waals surface area (Å²) in [6, 6.07) is 2.89. The molecular weight excluding hydrogens is 309 g/mol. The Bertz CT molecular complexity index is 655. The zero-order valence-electron chi connectivity index (χ0n) is 11.1. The SMILES string of the molecule is COC(=O)/C(=C\N(C)C)S(=O)(=O)c1ccc(F)c(Cl)c1. The fourth-order valence-electron chi connectivity index (χ4n) is 1.34. The zero-order valence-corrected chi connectivity index (χ0v) is 12.6. The van der Waals surface area contributed by atoms with E-state index in [1.807, 2.05) is 0 Å². The first-order valence-corrected chi connectivity index (χ1v) is 7.23. The minimum Gasteiger partial charge on any atom is -0.465 e. The molecule has 20 heavy (non-hydrogen) atoms. The second-order valence-electron chi connectivity index (χ2n) is 4.03. The van der Waals surface area contributed by atoms with Crippen LogP contribution in [0.2, 0.25) is 5.02 Å². The van der Waals surface area contributed by atoms with Gasteiger partial charge in [0.05, 0.1) is 17.0 Å². The molecule has 110 valence electrons. The molecule has 1 aromatic rings. The van der Waals surface area contributed by atoms with Gasteiger partial charge in [0.1, 0.15) is 5.82 Å². The van der Waals surface area contributed by atoms with E-state index in [1.165, 1.54) is 4.90 Å². The summed E-state index contributed by atoms with van der Waals surface area (Å²) in [5.41, 5.74) is 0. The van der Waals surface area contributed by atoms with E-state index in [0.717, 1.165) is 31.5 Å². The largest absolute Gasteiger partial charge is 0.465 e. The van der Waals surface area contributed by atoms with Crippen molar-refractivity contribution in [1.82, 2.24) is 4.90 Å². The van der Waals surface area contributed by atoms with Crippen molar-refractivity contribution in [2.45, 2.75) is 4.90 Å². The van der Waals surface area contributed by atoms with Crippen LogP contribution in [0.3, 0.4) is 0 Å². The standard InChI is InChI=1S/C12H13ClFNO4S/c1-15(2)7-11(12(16)19-3)20(17,18)8-4-5-10(14)9(13)6-8/h4-7H,1-3H3/b11-7+. The van der Waals surface area contributed by atoms with Gasteiger partial charge in [0, 0.05) is 20.3 Å². The molecule has 0 saturated carbocycles. The van der Waals surface area contributed by atoms with Crippen LogP contribution in [-0.4, -0.2) is 40.5 Å². The predicted octanol–water partition coefficient (Wildman–Crippen LogP) is 1.83. The Morgan fingerprint density at radius 1 is 1.40 bits per heavy atom. The molecular formula is C12H13ClFNO4S. The summed E-state index contributed by atoms with van der Waals surface area (Å²) in [5.74, 6) is -1.76. The van der Waals surface area contributed by atoms with Gasteiger partial charge in [-0.25, -0.2) is 17.6 Å². The van der Waals surface area contributed by atoms with Crippen molar-refractivity contribution in [3.8, 4) is 0 Å². The number of hydrogen-bond donors (Lipinski definition) is 0. The maximum atomic E-state index is 13.1. The summed E-state index contributed by atoms with van der Waals surface area (Å²) in [7, 11) is 0.0189. The van der Waals surface area contributed by atoms with E-state index < -0.39 is 26.5 Å². The number of sulfone groups is 1. The highest BCUT2D eigenvalue weighted by Crippen LogP contribution is 2.25. The molecule has 0 amide bonds. The highest BCUT2D eigenvalue weighted by Gasteiger charge is 2.29. The maximum absolute atomic E-state index is 13.1. The number of hydrogen-bond acceptors (Lipinski definition) is 5. The van der Waals surface area contributed by atoms with E-state index in [0.29, 0.717) is 0 Å². The van der Waals surface area contributed by atoms with Crippen LogP contribution in [-0.2, 0) is 19.4 Å². The first kappa shape index (κ1) is 16.5. The lowest BCUT2D eigenvalue weighted by Gasteiger charge is -2.11. The van der Waals surface area contributed by atoms with Crippen LogP contribution >= 0.6 is 11.6 Å². The van der Waals surface area contributed by atoms with Gasteiger partial charge in [-0.3, -0.25) is 0 Å². The van der Waals surface area contributed by atoms with Crippen LogP contribution in [0.5, 0.6) is 0 Å². The minimum atomic E-state index is -4.15. The quantitative estimate of drug-likeness (QED) is 0.481. The summed E-state index contributed by atoms with van der Waals surface area (Å²) in [4.78, 5) is 12.1. The average molecular weight is 322 g/mol. The fourth-order valence-corrected chi connectivity index (χ4v) is 3.01. The molecule has 0 aliphatic rings. The van der Waals surface area contributed by atoms with Gasteiger partial charge in [-0.15, -0.1) is 0 Å². The highest BCUT2D eigenvalue weighted by molar-refractivity contribution is 7.96. The highest BCUT2D eigenvalue weighted by atomic mass is 35.5. The van der Waals surface area contributed by atoms with Gasteiger partial charge in [-0.05, 0) is 18.2 Å². The van der Waals surface area contributed by atoms with Crippen LogP contribution in [0, 0.1) is 5.82 Å². The average Bonchev–Trinajstić information content (AvgIpc) is 2.37. The number of carbonyl (C=O) groups excluding carboxylic acids is 1. The monoisotopic (exact) mass is 321 g/mol. The normalized spacial score (nSPS) is 12.2. The maximum Gasteiger partial charge on any atom is 0.351 e. The van der Waals surface area contributed by atoms with Gasteiger partial charge in [0.2, 0.25) is 9.84 Å². The number of methoxy groups -OCH3 is 1. The molecule has 0 spiro atoms. The van der Waals surface area contributed by atoms with E-state index in [9.17, 15) is 17.6 Å². The number of benzene rings is 1. The molecule has 0 unspecified atom stereocenters. The summed E-state index contributed by atoms with van der Waals surface area (Å²) in [6.45, 7) is 0. The summed E-state index contributed by atoms with van der Waals surface area (Å²) < 4.78 is 42.2. The van der Waals surface area contributed by atoms with Crippen molar-refractivity contribution in [1.29, 1.82) is 0 Å². The first-order valence-electron chi connectivity index (χ1n) is 5.37. The molecule has 1 rings (SSSR count). The Labute approximate surface area is 121 Å². The second-order valence-corrected chi connectivity index (χ2v) is 6.35. The molecule has 0 atom stereocenters. The zero-order chi connectivity index (χ0) is 15.5. The van der Waals surface area contributed by atoms with E-state index in [1.54, 1.807) is 14.1 Å². The van der Waals surface area contributed by atoms with Crippen LogP contribution in [0.15, 0.2) is 34.2 Å². The number of rotatable bonds is 4. The Morgan fingerprint density at radius 3 is 2.45 bits per heavy atom. The lowest BCUT2D eigenvalue weighted by Crippen LogP contribution is -2.18.